The van der Waals surface area contributed by atoms with Gasteiger partial charge in [-0.05, 0) is 54.3 Å². The lowest BCUT2D eigenvalue weighted by molar-refractivity contribution is 0.0998. The first-order chi connectivity index (χ1) is 15.5. The van der Waals surface area contributed by atoms with E-state index in [0.29, 0.717) is 23.5 Å². The Bertz CT molecular complexity index is 1290. The zero-order chi connectivity index (χ0) is 24.3. The number of amides is 1. The van der Waals surface area contributed by atoms with Crippen LogP contribution >= 0.6 is 11.3 Å². The highest BCUT2D eigenvalue weighted by atomic mass is 32.2. The van der Waals surface area contributed by atoms with Gasteiger partial charge in [0, 0.05) is 25.7 Å². The molecule has 0 N–H and O–H groups in total. The van der Waals surface area contributed by atoms with Crippen molar-refractivity contribution >= 4 is 37.5 Å². The van der Waals surface area contributed by atoms with Crippen LogP contribution in [0, 0.1) is 11.8 Å². The van der Waals surface area contributed by atoms with Crippen molar-refractivity contribution in [2.45, 2.75) is 32.6 Å². The zero-order valence-corrected chi connectivity index (χ0v) is 21.5. The van der Waals surface area contributed by atoms with Crippen LogP contribution in [0.4, 0.5) is 0 Å². The molecule has 0 bridgehead atoms. The molecule has 1 aromatic heterocycles. The van der Waals surface area contributed by atoms with Crippen molar-refractivity contribution in [2.75, 3.05) is 20.2 Å². The predicted octanol–water partition coefficient (Wildman–Crippen LogP) is 4.29. The van der Waals surface area contributed by atoms with Crippen LogP contribution in [0.15, 0.2) is 52.4 Å². The fourth-order valence-electron chi connectivity index (χ4n) is 3.50. The molecule has 0 aliphatic heterocycles. The molecule has 178 valence electrons. The number of hydrogen-bond donors (Lipinski definition) is 0. The quantitative estimate of drug-likeness (QED) is 0.473. The molecule has 0 atom stereocenters. The molecule has 33 heavy (non-hydrogen) atoms. The number of aromatic nitrogens is 1. The number of carbonyl (C=O) groups is 1. The van der Waals surface area contributed by atoms with E-state index in [2.05, 4.69) is 4.99 Å². The second-order valence-corrected chi connectivity index (χ2v) is 11.8. The van der Waals surface area contributed by atoms with Crippen molar-refractivity contribution in [3.63, 3.8) is 0 Å². The van der Waals surface area contributed by atoms with Gasteiger partial charge in [0.15, 0.2) is 4.80 Å². The number of carbonyl (C=O) groups excluding carboxylic acids is 1. The van der Waals surface area contributed by atoms with E-state index in [9.17, 15) is 13.2 Å². The lowest BCUT2D eigenvalue weighted by Crippen LogP contribution is -2.37. The summed E-state index contributed by atoms with van der Waals surface area (Å²) in [6, 6.07) is 11.7. The number of hydrogen-bond acceptors (Lipinski definition) is 5. The first-order valence-corrected chi connectivity index (χ1v) is 13.1. The third kappa shape index (κ3) is 5.72. The minimum absolute atomic E-state index is 0.180. The highest BCUT2D eigenvalue weighted by molar-refractivity contribution is 7.89. The van der Waals surface area contributed by atoms with Gasteiger partial charge in [-0.25, -0.2) is 8.42 Å². The van der Waals surface area contributed by atoms with Gasteiger partial charge in [0.2, 0.25) is 10.0 Å². The lowest BCUT2D eigenvalue weighted by atomic mass is 10.2. The van der Waals surface area contributed by atoms with E-state index in [1.807, 2.05) is 57.5 Å². The van der Waals surface area contributed by atoms with Crippen LogP contribution in [-0.2, 0) is 17.1 Å². The molecule has 3 aromatic rings. The number of fused-ring (bicyclic) bond motifs is 1. The topological polar surface area (TPSA) is 81.0 Å². The Morgan fingerprint density at radius 2 is 1.67 bits per heavy atom. The fraction of sp³-hybridized carbons (Fsp3) is 0.417. The molecule has 9 heteroatoms. The van der Waals surface area contributed by atoms with Crippen LogP contribution < -0.4 is 9.54 Å². The second kappa shape index (κ2) is 10.2. The SMILES string of the molecule is COc1ccc2c(c1)sc(=NC(=O)c1ccc(S(=O)(=O)N(CC(C)C)CC(C)C)cc1)n2C. The molecule has 3 rings (SSSR count). The average molecular weight is 490 g/mol. The van der Waals surface area contributed by atoms with Gasteiger partial charge in [-0.15, -0.1) is 0 Å². The van der Waals surface area contributed by atoms with Crippen LogP contribution in [0.2, 0.25) is 0 Å². The van der Waals surface area contributed by atoms with Crippen molar-refractivity contribution < 1.29 is 17.9 Å². The molecule has 1 heterocycles. The zero-order valence-electron chi connectivity index (χ0n) is 19.9. The maximum Gasteiger partial charge on any atom is 0.279 e. The highest BCUT2D eigenvalue weighted by Gasteiger charge is 2.26. The lowest BCUT2D eigenvalue weighted by Gasteiger charge is -2.25. The number of nitrogens with zero attached hydrogens (tertiary/aromatic N) is 3. The molecule has 0 aliphatic carbocycles. The van der Waals surface area contributed by atoms with Crippen LogP contribution in [-0.4, -0.2) is 43.4 Å². The van der Waals surface area contributed by atoms with Crippen LogP contribution in [0.1, 0.15) is 38.1 Å². The largest absolute Gasteiger partial charge is 0.497 e. The monoisotopic (exact) mass is 489 g/mol. The molecule has 7 nitrogen and oxygen atoms in total. The van der Waals surface area contributed by atoms with Crippen molar-refractivity contribution in [3.8, 4) is 5.75 Å². The Morgan fingerprint density at radius 3 is 2.21 bits per heavy atom. The second-order valence-electron chi connectivity index (χ2n) is 8.83. The maximum absolute atomic E-state index is 13.2. The maximum atomic E-state index is 13.2. The number of sulfonamides is 1. The summed E-state index contributed by atoms with van der Waals surface area (Å²) in [6.07, 6.45) is 0. The number of thiazole rings is 1. The van der Waals surface area contributed by atoms with Crippen LogP contribution in [0.25, 0.3) is 10.2 Å². The molecule has 0 saturated heterocycles. The van der Waals surface area contributed by atoms with Crippen molar-refractivity contribution in [1.82, 2.24) is 8.87 Å². The molecular formula is C24H31N3O4S2. The number of methoxy groups -OCH3 is 1. The minimum Gasteiger partial charge on any atom is -0.497 e. The summed E-state index contributed by atoms with van der Waals surface area (Å²) in [7, 11) is -0.184. The molecule has 0 spiro atoms. The Balaban J connectivity index is 1.90. The summed E-state index contributed by atoms with van der Waals surface area (Å²) in [5.41, 5.74) is 1.28. The normalized spacial score (nSPS) is 12.9. The summed E-state index contributed by atoms with van der Waals surface area (Å²) in [5, 5.41) is 0. The number of rotatable bonds is 8. The Labute approximate surface area is 199 Å². The van der Waals surface area contributed by atoms with Gasteiger partial charge in [-0.1, -0.05) is 39.0 Å². The third-order valence-electron chi connectivity index (χ3n) is 5.09. The predicted molar refractivity (Wildman–Crippen MR) is 132 cm³/mol. The third-order valence-corrected chi connectivity index (χ3v) is 8.03. The van der Waals surface area contributed by atoms with Crippen molar-refractivity contribution in [1.29, 1.82) is 0 Å². The van der Waals surface area contributed by atoms with Gasteiger partial charge in [0.05, 0.1) is 22.2 Å². The summed E-state index contributed by atoms with van der Waals surface area (Å²) < 4.78 is 36.0. The first-order valence-electron chi connectivity index (χ1n) is 10.9. The van der Waals surface area contributed by atoms with Gasteiger partial charge < -0.3 is 9.30 Å². The summed E-state index contributed by atoms with van der Waals surface area (Å²) in [5.74, 6) is 0.734. The summed E-state index contributed by atoms with van der Waals surface area (Å²) in [6.45, 7) is 8.88. The molecule has 0 fully saturated rings. The fourth-order valence-corrected chi connectivity index (χ4v) is 6.32. The van der Waals surface area contributed by atoms with E-state index in [1.54, 1.807) is 7.11 Å². The Kier molecular flexibility index (Phi) is 7.76. The van der Waals surface area contributed by atoms with E-state index in [1.165, 1.54) is 39.9 Å². The van der Waals surface area contributed by atoms with Gasteiger partial charge in [0.1, 0.15) is 5.75 Å². The van der Waals surface area contributed by atoms with Gasteiger partial charge in [-0.3, -0.25) is 4.79 Å². The first kappa shape index (κ1) is 25.1. The van der Waals surface area contributed by atoms with E-state index in [-0.39, 0.29) is 16.7 Å². The standard InChI is InChI=1S/C24H31N3O4S2/c1-16(2)14-27(15-17(3)4)33(29,30)20-10-7-18(8-11-20)23(28)25-24-26(5)21-12-9-19(31-6)13-22(21)32-24/h7-13,16-17H,14-15H2,1-6H3. The molecule has 0 radical (unpaired) electrons. The molecular weight excluding hydrogens is 458 g/mol. The van der Waals surface area contributed by atoms with Crippen molar-refractivity contribution in [3.05, 3.63) is 52.8 Å². The van der Waals surface area contributed by atoms with Gasteiger partial charge in [-0.2, -0.15) is 9.30 Å². The van der Waals surface area contributed by atoms with Gasteiger partial charge in [0.25, 0.3) is 5.91 Å². The van der Waals surface area contributed by atoms with Crippen molar-refractivity contribution in [2.24, 2.45) is 23.9 Å². The molecule has 1 amide bonds. The Hall–Kier alpha value is -2.49. The van der Waals surface area contributed by atoms with Gasteiger partial charge >= 0.3 is 0 Å². The summed E-state index contributed by atoms with van der Waals surface area (Å²) in [4.78, 5) is 17.8. The molecule has 2 aromatic carbocycles. The minimum atomic E-state index is -3.65. The summed E-state index contributed by atoms with van der Waals surface area (Å²) >= 11 is 1.39. The van der Waals surface area contributed by atoms with Crippen LogP contribution in [0.5, 0.6) is 5.75 Å². The molecule has 0 unspecified atom stereocenters. The molecule has 0 aliphatic rings. The number of aryl methyl sites for hydroxylation is 1. The number of benzene rings is 2. The highest BCUT2D eigenvalue weighted by Crippen LogP contribution is 2.23. The molecule has 0 saturated carbocycles. The van der Waals surface area contributed by atoms with E-state index >= 15 is 0 Å². The van der Waals surface area contributed by atoms with E-state index < -0.39 is 15.9 Å². The number of ether oxygens (including phenoxy) is 1. The van der Waals surface area contributed by atoms with E-state index in [0.717, 1.165) is 16.0 Å². The van der Waals surface area contributed by atoms with E-state index in [4.69, 9.17) is 4.74 Å². The van der Waals surface area contributed by atoms with Crippen LogP contribution in [0.3, 0.4) is 0 Å². The average Bonchev–Trinajstić information content (AvgIpc) is 3.07. The Morgan fingerprint density at radius 1 is 1.06 bits per heavy atom. The smallest absolute Gasteiger partial charge is 0.279 e.